The summed E-state index contributed by atoms with van der Waals surface area (Å²) in [5, 5.41) is 0. The third kappa shape index (κ3) is 3.99. The highest BCUT2D eigenvalue weighted by atomic mass is 32.2. The monoisotopic (exact) mass is 520 g/mol. The highest BCUT2D eigenvalue weighted by Gasteiger charge is 2.35. The molecule has 0 unspecified atom stereocenters. The van der Waals surface area contributed by atoms with E-state index in [4.69, 9.17) is 0 Å². The maximum atomic E-state index is 13.6. The molecule has 1 aliphatic rings. The molecule has 0 saturated carbocycles. The largest absolute Gasteiger partial charge is 0.218 e. The molecule has 2 nitrogen and oxygen atoms in total. The molecule has 0 fully saturated rings. The lowest BCUT2D eigenvalue weighted by molar-refractivity contribution is 0.599. The minimum Gasteiger partial charge on any atom is -0.218 e. The fraction of sp³-hybridized carbons (Fsp3) is 0. The van der Waals surface area contributed by atoms with Crippen LogP contribution in [0.2, 0.25) is 0 Å². The first kappa shape index (κ1) is 23.4. The van der Waals surface area contributed by atoms with E-state index in [0.29, 0.717) is 9.79 Å². The van der Waals surface area contributed by atoms with Crippen molar-refractivity contribution in [2.45, 2.75) is 9.79 Å². The maximum Gasteiger partial charge on any atom is 0.208 e. The Morgan fingerprint density at radius 1 is 0.333 bits per heavy atom. The van der Waals surface area contributed by atoms with Gasteiger partial charge in [-0.15, -0.1) is 0 Å². The van der Waals surface area contributed by atoms with Gasteiger partial charge in [0.25, 0.3) is 0 Å². The van der Waals surface area contributed by atoms with Crippen molar-refractivity contribution in [2.75, 3.05) is 0 Å². The van der Waals surface area contributed by atoms with Crippen LogP contribution in [0.5, 0.6) is 0 Å². The Morgan fingerprint density at radius 2 is 0.744 bits per heavy atom. The topological polar surface area (TPSA) is 34.1 Å². The van der Waals surface area contributed by atoms with Gasteiger partial charge in [-0.2, -0.15) is 0 Å². The van der Waals surface area contributed by atoms with Crippen molar-refractivity contribution in [1.82, 2.24) is 0 Å². The lowest BCUT2D eigenvalue weighted by Gasteiger charge is -2.12. The molecule has 1 heterocycles. The first-order chi connectivity index (χ1) is 19.1. The van der Waals surface area contributed by atoms with E-state index in [1.54, 1.807) is 12.1 Å². The van der Waals surface area contributed by atoms with Crippen LogP contribution in [0, 0.1) is 0 Å². The lowest BCUT2D eigenvalue weighted by Crippen LogP contribution is -1.99. The van der Waals surface area contributed by atoms with Gasteiger partial charge >= 0.3 is 0 Å². The fourth-order valence-electron chi connectivity index (χ4n) is 5.55. The molecule has 0 bridgehead atoms. The smallest absolute Gasteiger partial charge is 0.208 e. The normalized spacial score (nSPS) is 13.0. The summed E-state index contributed by atoms with van der Waals surface area (Å²) in [6, 6.07) is 48.7. The quantitative estimate of drug-likeness (QED) is 0.232. The molecule has 0 aliphatic carbocycles. The number of fused-ring (bicyclic) bond motifs is 3. The third-order valence-corrected chi connectivity index (χ3v) is 9.34. The summed E-state index contributed by atoms with van der Waals surface area (Å²) in [6.07, 6.45) is 0. The Balaban J connectivity index is 1.29. The Morgan fingerprint density at radius 3 is 1.38 bits per heavy atom. The highest BCUT2D eigenvalue weighted by molar-refractivity contribution is 7.92. The van der Waals surface area contributed by atoms with Crippen LogP contribution in [-0.2, 0) is 9.84 Å². The van der Waals surface area contributed by atoms with E-state index in [2.05, 4.69) is 84.9 Å². The molecule has 0 spiro atoms. The number of benzene rings is 6. The molecule has 7 rings (SSSR count). The zero-order chi connectivity index (χ0) is 26.4. The van der Waals surface area contributed by atoms with Crippen molar-refractivity contribution in [3.8, 4) is 55.6 Å². The minimum atomic E-state index is -3.59. The van der Waals surface area contributed by atoms with Gasteiger partial charge in [0.1, 0.15) is 0 Å². The number of hydrogen-bond donors (Lipinski definition) is 0. The van der Waals surface area contributed by atoms with Crippen LogP contribution in [0.1, 0.15) is 0 Å². The van der Waals surface area contributed by atoms with Crippen LogP contribution < -0.4 is 0 Å². The van der Waals surface area contributed by atoms with Gasteiger partial charge in [-0.1, -0.05) is 121 Å². The van der Waals surface area contributed by atoms with Crippen LogP contribution >= 0.6 is 0 Å². The van der Waals surface area contributed by atoms with Crippen molar-refractivity contribution in [2.24, 2.45) is 0 Å². The first-order valence-electron chi connectivity index (χ1n) is 12.9. The van der Waals surface area contributed by atoms with Crippen molar-refractivity contribution in [3.05, 3.63) is 146 Å². The summed E-state index contributed by atoms with van der Waals surface area (Å²) in [5.74, 6) is 0. The van der Waals surface area contributed by atoms with E-state index < -0.39 is 9.84 Å². The summed E-state index contributed by atoms with van der Waals surface area (Å²) in [5.41, 5.74) is 9.95. The van der Waals surface area contributed by atoms with E-state index >= 15 is 0 Å². The van der Waals surface area contributed by atoms with Crippen LogP contribution in [-0.4, -0.2) is 8.42 Å². The van der Waals surface area contributed by atoms with E-state index in [9.17, 15) is 8.42 Å². The second-order valence-electron chi connectivity index (χ2n) is 9.79. The summed E-state index contributed by atoms with van der Waals surface area (Å²) in [6.45, 7) is 0. The van der Waals surface area contributed by atoms with E-state index in [1.807, 2.05) is 48.5 Å². The molecule has 3 heteroatoms. The summed E-state index contributed by atoms with van der Waals surface area (Å²) >= 11 is 0. The Labute approximate surface area is 228 Å². The second-order valence-corrected chi connectivity index (χ2v) is 11.6. The summed E-state index contributed by atoms with van der Waals surface area (Å²) in [4.78, 5) is 0.781. The number of rotatable bonds is 4. The van der Waals surface area contributed by atoms with E-state index in [1.165, 1.54) is 11.1 Å². The molecular formula is C36H24O2S. The Hall–Kier alpha value is -4.73. The van der Waals surface area contributed by atoms with Crippen LogP contribution in [0.4, 0.5) is 0 Å². The maximum absolute atomic E-state index is 13.6. The highest BCUT2D eigenvalue weighted by Crippen LogP contribution is 2.47. The second kappa shape index (κ2) is 9.23. The molecule has 0 aromatic heterocycles. The third-order valence-electron chi connectivity index (χ3n) is 7.42. The standard InChI is InChI=1S/C36H24O2S/c37-39(38)35-21-5-4-18-33(35)34-20-9-19-32(36(34)39)31-17-8-16-30(24-31)29-15-7-14-28(23-29)27-13-6-12-26(22-27)25-10-2-1-3-11-25/h1-24H. The number of sulfone groups is 1. The molecule has 1 aliphatic heterocycles. The van der Waals surface area contributed by atoms with Gasteiger partial charge in [0, 0.05) is 16.7 Å². The molecule has 186 valence electrons. The van der Waals surface area contributed by atoms with Crippen LogP contribution in [0.15, 0.2) is 155 Å². The zero-order valence-electron chi connectivity index (χ0n) is 21.1. The summed E-state index contributed by atoms with van der Waals surface area (Å²) < 4.78 is 27.1. The average molecular weight is 521 g/mol. The Bertz CT molecular complexity index is 1970. The van der Waals surface area contributed by atoms with Gasteiger partial charge in [-0.05, 0) is 63.2 Å². The van der Waals surface area contributed by atoms with Crippen LogP contribution in [0.3, 0.4) is 0 Å². The molecule has 0 amide bonds. The first-order valence-corrected chi connectivity index (χ1v) is 14.4. The van der Waals surface area contributed by atoms with Gasteiger partial charge in [0.2, 0.25) is 9.84 Å². The SMILES string of the molecule is O=S1(=O)c2ccccc2-c2cccc(-c3cccc(-c4cccc(-c5cccc(-c6ccccc6)c5)c4)c3)c21. The molecule has 39 heavy (non-hydrogen) atoms. The molecule has 6 aromatic carbocycles. The van der Waals surface area contributed by atoms with Crippen LogP contribution in [0.25, 0.3) is 55.6 Å². The molecule has 0 saturated heterocycles. The van der Waals surface area contributed by atoms with Gasteiger partial charge in [-0.25, -0.2) is 8.42 Å². The van der Waals surface area contributed by atoms with Gasteiger partial charge in [0.05, 0.1) is 9.79 Å². The lowest BCUT2D eigenvalue weighted by atomic mass is 9.94. The van der Waals surface area contributed by atoms with Crippen molar-refractivity contribution in [3.63, 3.8) is 0 Å². The predicted octanol–water partition coefficient (Wildman–Crippen LogP) is 9.17. The average Bonchev–Trinajstić information content (AvgIpc) is 3.24. The zero-order valence-corrected chi connectivity index (χ0v) is 21.9. The van der Waals surface area contributed by atoms with Gasteiger partial charge < -0.3 is 0 Å². The minimum absolute atomic E-state index is 0.383. The molecule has 0 radical (unpaired) electrons. The van der Waals surface area contributed by atoms with Gasteiger partial charge in [-0.3, -0.25) is 0 Å². The van der Waals surface area contributed by atoms with E-state index in [0.717, 1.165) is 44.5 Å². The molecule has 0 atom stereocenters. The fourth-order valence-corrected chi connectivity index (χ4v) is 7.44. The van der Waals surface area contributed by atoms with Crippen molar-refractivity contribution >= 4 is 9.84 Å². The predicted molar refractivity (Wildman–Crippen MR) is 159 cm³/mol. The molecule has 6 aromatic rings. The molecule has 0 N–H and O–H groups in total. The summed E-state index contributed by atoms with van der Waals surface area (Å²) in [7, 11) is -3.59. The van der Waals surface area contributed by atoms with Crippen molar-refractivity contribution < 1.29 is 8.42 Å². The van der Waals surface area contributed by atoms with Crippen molar-refractivity contribution in [1.29, 1.82) is 0 Å². The van der Waals surface area contributed by atoms with E-state index in [-0.39, 0.29) is 0 Å². The molecular weight excluding hydrogens is 496 g/mol. The Kier molecular flexibility index (Phi) is 5.54. The van der Waals surface area contributed by atoms with Gasteiger partial charge in [0.15, 0.2) is 0 Å². The number of hydrogen-bond acceptors (Lipinski definition) is 2.